The first-order valence-corrected chi connectivity index (χ1v) is 10.6. The van der Waals surface area contributed by atoms with Crippen LogP contribution in [-0.2, 0) is 18.0 Å². The van der Waals surface area contributed by atoms with Crippen LogP contribution < -0.4 is 5.69 Å². The van der Waals surface area contributed by atoms with Crippen molar-refractivity contribution < 1.29 is 17.9 Å². The molecule has 4 aromatic rings. The van der Waals surface area contributed by atoms with E-state index in [0.717, 1.165) is 21.9 Å². The van der Waals surface area contributed by atoms with Crippen molar-refractivity contribution in [1.29, 1.82) is 0 Å². The highest BCUT2D eigenvalue weighted by Crippen LogP contribution is 2.36. The Morgan fingerprint density at radius 1 is 1.22 bits per heavy atom. The molecule has 1 aliphatic heterocycles. The van der Waals surface area contributed by atoms with Gasteiger partial charge in [-0.05, 0) is 39.7 Å². The van der Waals surface area contributed by atoms with Crippen molar-refractivity contribution in [3.63, 3.8) is 0 Å². The zero-order chi connectivity index (χ0) is 22.6. The number of imidazole rings is 1. The molecule has 1 aromatic carbocycles. The number of ether oxygens (including phenoxy) is 1. The van der Waals surface area contributed by atoms with Crippen molar-refractivity contribution in [2.45, 2.75) is 12.1 Å². The van der Waals surface area contributed by atoms with Crippen molar-refractivity contribution >= 4 is 21.4 Å². The molecule has 0 N–H and O–H groups in total. The topological polar surface area (TPSA) is 66.3 Å². The van der Waals surface area contributed by atoms with Gasteiger partial charge in [0.05, 0.1) is 35.9 Å². The first-order chi connectivity index (χ1) is 15.2. The number of halogens is 4. The molecular formula is C21H17BrF3N5O2. The van der Waals surface area contributed by atoms with Crippen LogP contribution in [0.3, 0.4) is 0 Å². The van der Waals surface area contributed by atoms with Crippen molar-refractivity contribution in [3.05, 3.63) is 81.0 Å². The summed E-state index contributed by atoms with van der Waals surface area (Å²) in [5.41, 5.74) is -0.346. The van der Waals surface area contributed by atoms with Crippen LogP contribution in [0, 0.1) is 5.92 Å². The van der Waals surface area contributed by atoms with Gasteiger partial charge in [0, 0.05) is 29.8 Å². The van der Waals surface area contributed by atoms with Gasteiger partial charge in [-0.2, -0.15) is 13.2 Å². The summed E-state index contributed by atoms with van der Waals surface area (Å²) in [5, 5.41) is 8.23. The molecule has 0 saturated carbocycles. The fourth-order valence-electron chi connectivity index (χ4n) is 4.09. The molecule has 166 valence electrons. The Morgan fingerprint density at radius 3 is 2.62 bits per heavy atom. The van der Waals surface area contributed by atoms with E-state index < -0.39 is 17.4 Å². The molecule has 5 rings (SSSR count). The van der Waals surface area contributed by atoms with Crippen LogP contribution >= 0.6 is 15.9 Å². The third-order valence-electron chi connectivity index (χ3n) is 5.71. The number of aryl methyl sites for hydroxylation is 1. The second-order valence-corrected chi connectivity index (χ2v) is 8.69. The number of hydrogen-bond acceptors (Lipinski definition) is 4. The zero-order valence-electron chi connectivity index (χ0n) is 16.8. The van der Waals surface area contributed by atoms with Crippen LogP contribution in [0.4, 0.5) is 13.2 Å². The highest BCUT2D eigenvalue weighted by molar-refractivity contribution is 9.10. The molecule has 0 amide bonds. The fourth-order valence-corrected chi connectivity index (χ4v) is 4.52. The van der Waals surface area contributed by atoms with E-state index in [0.29, 0.717) is 18.9 Å². The summed E-state index contributed by atoms with van der Waals surface area (Å²) in [5.74, 6) is 0.822. The van der Waals surface area contributed by atoms with E-state index in [1.54, 1.807) is 24.5 Å². The Hall–Kier alpha value is -2.92. The van der Waals surface area contributed by atoms with E-state index >= 15 is 0 Å². The summed E-state index contributed by atoms with van der Waals surface area (Å²) < 4.78 is 50.3. The summed E-state index contributed by atoms with van der Waals surface area (Å²) in [7, 11) is 1.85. The van der Waals surface area contributed by atoms with E-state index in [9.17, 15) is 18.0 Å². The van der Waals surface area contributed by atoms with Gasteiger partial charge >= 0.3 is 11.9 Å². The van der Waals surface area contributed by atoms with Crippen molar-refractivity contribution in [2.75, 3.05) is 13.2 Å². The number of rotatable bonds is 4. The summed E-state index contributed by atoms with van der Waals surface area (Å²) in [4.78, 5) is 13.0. The van der Waals surface area contributed by atoms with Gasteiger partial charge in [0.1, 0.15) is 12.2 Å². The quantitative estimate of drug-likeness (QED) is 0.421. The van der Waals surface area contributed by atoms with E-state index in [2.05, 4.69) is 26.1 Å². The van der Waals surface area contributed by atoms with Crippen molar-refractivity contribution in [1.82, 2.24) is 23.7 Å². The molecule has 1 fully saturated rings. The third-order valence-corrected chi connectivity index (χ3v) is 6.14. The molecule has 4 heterocycles. The van der Waals surface area contributed by atoms with Crippen molar-refractivity contribution in [2.24, 2.45) is 13.0 Å². The second kappa shape index (κ2) is 7.59. The molecule has 0 spiro atoms. The molecule has 1 aliphatic rings. The van der Waals surface area contributed by atoms with Gasteiger partial charge in [-0.1, -0.05) is 12.1 Å². The Bertz CT molecular complexity index is 1370. The van der Waals surface area contributed by atoms with Crippen molar-refractivity contribution in [3.8, 4) is 5.69 Å². The Balaban J connectivity index is 1.66. The molecule has 0 aliphatic carbocycles. The number of aromatic nitrogens is 5. The van der Waals surface area contributed by atoms with Gasteiger partial charge in [0.25, 0.3) is 0 Å². The monoisotopic (exact) mass is 507 g/mol. The number of nitrogens with zero attached hydrogens (tertiary/aromatic N) is 5. The lowest BCUT2D eigenvalue weighted by Gasteiger charge is -2.33. The van der Waals surface area contributed by atoms with Crippen LogP contribution in [0.2, 0.25) is 0 Å². The van der Waals surface area contributed by atoms with Crippen LogP contribution in [0.5, 0.6) is 0 Å². The van der Waals surface area contributed by atoms with E-state index in [1.165, 1.54) is 17.0 Å². The summed E-state index contributed by atoms with van der Waals surface area (Å²) >= 11 is 3.07. The number of alkyl halides is 3. The smallest absolute Gasteiger partial charge is 0.381 e. The Kier molecular flexibility index (Phi) is 4.97. The van der Waals surface area contributed by atoms with E-state index in [-0.39, 0.29) is 21.8 Å². The molecule has 0 bridgehead atoms. The van der Waals surface area contributed by atoms with Gasteiger partial charge in [0.2, 0.25) is 0 Å². The van der Waals surface area contributed by atoms with E-state index in [1.807, 2.05) is 17.7 Å². The molecule has 1 saturated heterocycles. The van der Waals surface area contributed by atoms with Crippen LogP contribution in [0.1, 0.15) is 22.9 Å². The standard InChI is InChI=1S/C21H17BrF3N5O2/c1-28-11-26-27-19(28)18(13-9-32-10-13)12-3-2-4-15(5-12)29-8-17-16(21(23,24)25)6-14(22)7-30(17)20(29)31/h2-8,11,13,18H,9-10H2,1H3/t18-/m0/s1. The van der Waals surface area contributed by atoms with Gasteiger partial charge in [-0.15, -0.1) is 10.2 Å². The molecule has 3 aromatic heterocycles. The molecule has 11 heteroatoms. The lowest BCUT2D eigenvalue weighted by molar-refractivity contribution is -0.136. The van der Waals surface area contributed by atoms with E-state index in [4.69, 9.17) is 4.74 Å². The normalized spacial score (nSPS) is 15.8. The summed E-state index contributed by atoms with van der Waals surface area (Å²) in [6.45, 7) is 1.14. The maximum Gasteiger partial charge on any atom is 0.418 e. The molecule has 0 unspecified atom stereocenters. The second-order valence-electron chi connectivity index (χ2n) is 7.78. The minimum atomic E-state index is -4.60. The third kappa shape index (κ3) is 3.45. The van der Waals surface area contributed by atoms with Crippen LogP contribution in [0.15, 0.2) is 58.3 Å². The van der Waals surface area contributed by atoms with Gasteiger partial charge < -0.3 is 9.30 Å². The minimum Gasteiger partial charge on any atom is -0.381 e. The molecule has 1 atom stereocenters. The lowest BCUT2D eigenvalue weighted by Crippen LogP contribution is -2.35. The first kappa shape index (κ1) is 21.0. The van der Waals surface area contributed by atoms with Gasteiger partial charge in [0.15, 0.2) is 0 Å². The van der Waals surface area contributed by atoms with Gasteiger partial charge in [-0.3, -0.25) is 8.97 Å². The highest BCUT2D eigenvalue weighted by Gasteiger charge is 2.35. The first-order valence-electron chi connectivity index (χ1n) is 9.76. The lowest BCUT2D eigenvalue weighted by atomic mass is 9.84. The average Bonchev–Trinajstić information content (AvgIpc) is 3.27. The van der Waals surface area contributed by atoms with Crippen LogP contribution in [0.25, 0.3) is 11.2 Å². The summed E-state index contributed by atoms with van der Waals surface area (Å²) in [6.07, 6.45) is -0.425. The maximum absolute atomic E-state index is 13.6. The maximum atomic E-state index is 13.6. The molecule has 0 radical (unpaired) electrons. The predicted octanol–water partition coefficient (Wildman–Crippen LogP) is 3.78. The summed E-state index contributed by atoms with van der Waals surface area (Å²) in [6, 6.07) is 8.16. The Morgan fingerprint density at radius 2 is 2.00 bits per heavy atom. The average molecular weight is 508 g/mol. The van der Waals surface area contributed by atoms with Gasteiger partial charge in [-0.25, -0.2) is 4.79 Å². The zero-order valence-corrected chi connectivity index (χ0v) is 18.3. The van der Waals surface area contributed by atoms with Crippen LogP contribution in [-0.4, -0.2) is 36.9 Å². The largest absolute Gasteiger partial charge is 0.418 e. The molecular weight excluding hydrogens is 491 g/mol. The highest BCUT2D eigenvalue weighted by atomic mass is 79.9. The fraction of sp³-hybridized carbons (Fsp3) is 0.286. The SMILES string of the molecule is Cn1cnnc1[C@@H](c1cccc(-n2cc3c(C(F)(F)F)cc(Br)cn3c2=O)c1)C1COC1. The predicted molar refractivity (Wildman–Crippen MR) is 113 cm³/mol. The molecule has 32 heavy (non-hydrogen) atoms. The number of pyridine rings is 1. The number of hydrogen-bond donors (Lipinski definition) is 0. The Labute approximate surface area is 188 Å². The number of benzene rings is 1. The molecule has 7 nitrogen and oxygen atoms in total. The minimum absolute atomic E-state index is 0.121. The number of fused-ring (bicyclic) bond motifs is 1.